The number of amides is 2. The highest BCUT2D eigenvalue weighted by atomic mass is 32.2. The molecule has 2 amide bonds. The number of nitrogens with one attached hydrogen (secondary N) is 2. The fraction of sp³-hybridized carbons (Fsp3) is 0.111. The minimum atomic E-state index is -4.71. The quantitative estimate of drug-likeness (QED) is 0.207. The molecule has 1 aromatic carbocycles. The fourth-order valence-corrected chi connectivity index (χ4v) is 1.75. The predicted octanol–water partition coefficient (Wildman–Crippen LogP) is -2.00. The number of nitrogens with two attached hydrogens (primary N) is 1. The Kier molecular flexibility index (Phi) is 5.04. The van der Waals surface area contributed by atoms with Gasteiger partial charge in [0.1, 0.15) is 6.61 Å². The Labute approximate surface area is 118 Å². The van der Waals surface area contributed by atoms with Crippen molar-refractivity contribution in [2.24, 2.45) is 5.90 Å². The topological polar surface area (TPSA) is 188 Å². The molecular weight excluding hydrogens is 310 g/mol. The summed E-state index contributed by atoms with van der Waals surface area (Å²) in [6.45, 7) is -0.567. The van der Waals surface area contributed by atoms with Gasteiger partial charge in [0.25, 0.3) is 21.9 Å². The lowest BCUT2D eigenvalue weighted by Gasteiger charge is -2.10. The molecule has 0 spiro atoms. The molecule has 21 heavy (non-hydrogen) atoms. The molecule has 0 saturated heterocycles. The molecule has 0 saturated carbocycles. The Bertz CT molecular complexity index is 672. The van der Waals surface area contributed by atoms with E-state index < -0.39 is 50.5 Å². The number of aromatic hydroxyl groups is 2. The molecule has 0 aliphatic heterocycles. The van der Waals surface area contributed by atoms with E-state index in [4.69, 9.17) is 4.55 Å². The van der Waals surface area contributed by atoms with Crippen molar-refractivity contribution in [3.63, 3.8) is 0 Å². The average Bonchev–Trinajstić information content (AvgIpc) is 2.38. The van der Waals surface area contributed by atoms with Gasteiger partial charge in [0.05, 0.1) is 10.5 Å². The molecule has 0 aliphatic carbocycles. The molecule has 12 heteroatoms. The van der Waals surface area contributed by atoms with Crippen LogP contribution in [0.3, 0.4) is 0 Å². The lowest BCUT2D eigenvalue weighted by atomic mass is 10.2. The second kappa shape index (κ2) is 6.36. The smallest absolute Gasteiger partial charge is 0.294 e. The molecule has 11 nitrogen and oxygen atoms in total. The van der Waals surface area contributed by atoms with Crippen LogP contribution in [0.15, 0.2) is 17.0 Å². The lowest BCUT2D eigenvalue weighted by Crippen LogP contribution is -2.43. The Hall–Kier alpha value is -2.41. The van der Waals surface area contributed by atoms with E-state index in [1.54, 1.807) is 0 Å². The van der Waals surface area contributed by atoms with Gasteiger partial charge in [-0.25, -0.2) is 5.90 Å². The number of hydrazine groups is 1. The maximum atomic E-state index is 11.7. The van der Waals surface area contributed by atoms with Crippen LogP contribution in [-0.4, -0.2) is 41.6 Å². The number of phenolic OH excluding ortho intramolecular Hbond substituents is 2. The highest BCUT2D eigenvalue weighted by Gasteiger charge is 2.21. The van der Waals surface area contributed by atoms with E-state index in [-0.39, 0.29) is 0 Å². The van der Waals surface area contributed by atoms with Gasteiger partial charge in [-0.2, -0.15) is 8.42 Å². The Morgan fingerprint density at radius 2 is 1.86 bits per heavy atom. The normalized spacial score (nSPS) is 11.0. The molecule has 0 unspecified atom stereocenters. The van der Waals surface area contributed by atoms with E-state index in [9.17, 15) is 28.2 Å². The minimum Gasteiger partial charge on any atom is -0.504 e. The van der Waals surface area contributed by atoms with Crippen LogP contribution in [0.25, 0.3) is 0 Å². The van der Waals surface area contributed by atoms with Crippen LogP contribution in [0, 0.1) is 0 Å². The summed E-state index contributed by atoms with van der Waals surface area (Å²) in [7, 11) is -4.71. The second-order valence-corrected chi connectivity index (χ2v) is 5.05. The zero-order chi connectivity index (χ0) is 16.2. The van der Waals surface area contributed by atoms with Crippen LogP contribution in [0.4, 0.5) is 0 Å². The van der Waals surface area contributed by atoms with Gasteiger partial charge in [-0.1, -0.05) is 0 Å². The van der Waals surface area contributed by atoms with Crippen molar-refractivity contribution in [1.29, 1.82) is 0 Å². The summed E-state index contributed by atoms with van der Waals surface area (Å²) in [4.78, 5) is 25.8. The summed E-state index contributed by atoms with van der Waals surface area (Å²) in [6.07, 6.45) is 0. The fourth-order valence-electron chi connectivity index (χ4n) is 1.22. The number of carbonyl (C=O) groups excluding carboxylic acids is 2. The van der Waals surface area contributed by atoms with Crippen molar-refractivity contribution in [1.82, 2.24) is 10.9 Å². The van der Waals surface area contributed by atoms with Crippen molar-refractivity contribution in [2.45, 2.75) is 4.90 Å². The van der Waals surface area contributed by atoms with Crippen molar-refractivity contribution in [3.05, 3.63) is 17.7 Å². The van der Waals surface area contributed by atoms with Crippen molar-refractivity contribution < 1.29 is 37.6 Å². The first-order valence-corrected chi connectivity index (χ1v) is 6.55. The monoisotopic (exact) mass is 321 g/mol. The summed E-state index contributed by atoms with van der Waals surface area (Å²) in [5, 5.41) is 18.8. The number of rotatable bonds is 4. The van der Waals surface area contributed by atoms with Crippen LogP contribution in [0.2, 0.25) is 0 Å². The summed E-state index contributed by atoms with van der Waals surface area (Å²) in [5.41, 5.74) is 2.95. The SMILES string of the molecule is NOCC(=O)NNC(=O)c1cc(S(=O)(=O)O)cc(O)c1O. The van der Waals surface area contributed by atoms with Gasteiger partial charge >= 0.3 is 0 Å². The van der Waals surface area contributed by atoms with Crippen molar-refractivity contribution >= 4 is 21.9 Å². The summed E-state index contributed by atoms with van der Waals surface area (Å²) in [6, 6.07) is 1.15. The number of benzene rings is 1. The maximum absolute atomic E-state index is 11.7. The van der Waals surface area contributed by atoms with Gasteiger partial charge in [0.15, 0.2) is 11.5 Å². The average molecular weight is 321 g/mol. The zero-order valence-electron chi connectivity index (χ0n) is 10.2. The molecule has 0 aromatic heterocycles. The van der Waals surface area contributed by atoms with Crippen molar-refractivity contribution in [3.8, 4) is 11.5 Å². The van der Waals surface area contributed by atoms with E-state index in [1.807, 2.05) is 10.9 Å². The van der Waals surface area contributed by atoms with Crippen LogP contribution < -0.4 is 16.7 Å². The Balaban J connectivity index is 3.04. The van der Waals surface area contributed by atoms with Gasteiger partial charge in [0.2, 0.25) is 0 Å². The van der Waals surface area contributed by atoms with E-state index in [0.29, 0.717) is 12.1 Å². The van der Waals surface area contributed by atoms with Crippen LogP contribution in [0.5, 0.6) is 11.5 Å². The summed E-state index contributed by atoms with van der Waals surface area (Å²) >= 11 is 0. The Morgan fingerprint density at radius 1 is 1.24 bits per heavy atom. The molecule has 1 rings (SSSR count). The van der Waals surface area contributed by atoms with E-state index in [1.165, 1.54) is 0 Å². The molecule has 0 heterocycles. The minimum absolute atomic E-state index is 0.544. The number of hydrogen-bond acceptors (Lipinski definition) is 8. The standard InChI is InChI=1S/C9H11N3O8S/c10-20-3-7(14)11-12-9(16)5-1-4(21(17,18)19)2-6(13)8(5)15/h1-2,13,15H,3,10H2,(H,11,14)(H,12,16)(H,17,18,19). The molecule has 0 bridgehead atoms. The molecular formula is C9H11N3O8S. The third kappa shape index (κ3) is 4.28. The molecule has 116 valence electrons. The van der Waals surface area contributed by atoms with Gasteiger partial charge in [-0.05, 0) is 6.07 Å². The molecule has 0 atom stereocenters. The largest absolute Gasteiger partial charge is 0.504 e. The van der Waals surface area contributed by atoms with E-state index >= 15 is 0 Å². The van der Waals surface area contributed by atoms with Gasteiger partial charge < -0.3 is 10.2 Å². The maximum Gasteiger partial charge on any atom is 0.294 e. The lowest BCUT2D eigenvalue weighted by molar-refractivity contribution is -0.126. The summed E-state index contributed by atoms with van der Waals surface area (Å²) in [5.74, 6) is 0.738. The number of carbonyl (C=O) groups is 2. The first kappa shape index (κ1) is 16.6. The summed E-state index contributed by atoms with van der Waals surface area (Å²) < 4.78 is 30.8. The molecule has 0 radical (unpaired) electrons. The third-order valence-electron chi connectivity index (χ3n) is 2.14. The first-order chi connectivity index (χ1) is 9.66. The van der Waals surface area contributed by atoms with Crippen LogP contribution in [-0.2, 0) is 19.8 Å². The van der Waals surface area contributed by atoms with Gasteiger partial charge in [0, 0.05) is 6.07 Å². The molecule has 0 aliphatic rings. The number of phenols is 2. The van der Waals surface area contributed by atoms with Crippen LogP contribution in [0.1, 0.15) is 10.4 Å². The van der Waals surface area contributed by atoms with Crippen molar-refractivity contribution in [2.75, 3.05) is 6.61 Å². The zero-order valence-corrected chi connectivity index (χ0v) is 11.0. The highest BCUT2D eigenvalue weighted by Crippen LogP contribution is 2.31. The highest BCUT2D eigenvalue weighted by molar-refractivity contribution is 7.85. The molecule has 7 N–H and O–H groups in total. The molecule has 0 fully saturated rings. The first-order valence-electron chi connectivity index (χ1n) is 5.11. The number of hydrogen-bond donors (Lipinski definition) is 6. The van der Waals surface area contributed by atoms with E-state index in [2.05, 4.69) is 10.7 Å². The predicted molar refractivity (Wildman–Crippen MR) is 65.3 cm³/mol. The second-order valence-electron chi connectivity index (χ2n) is 3.63. The Morgan fingerprint density at radius 3 is 2.38 bits per heavy atom. The van der Waals surface area contributed by atoms with E-state index in [0.717, 1.165) is 0 Å². The van der Waals surface area contributed by atoms with Gasteiger partial charge in [-0.3, -0.25) is 29.8 Å². The molecule has 1 aromatic rings. The third-order valence-corrected chi connectivity index (χ3v) is 2.97. The van der Waals surface area contributed by atoms with Gasteiger partial charge in [-0.15, -0.1) is 0 Å². The van der Waals surface area contributed by atoms with Crippen LogP contribution >= 0.6 is 0 Å².